The van der Waals surface area contributed by atoms with Gasteiger partial charge in [0.25, 0.3) is 5.91 Å². The number of amides is 1. The van der Waals surface area contributed by atoms with E-state index < -0.39 is 0 Å². The van der Waals surface area contributed by atoms with E-state index in [1.165, 1.54) is 0 Å². The highest BCUT2D eigenvalue weighted by Gasteiger charge is 2.42. The second-order valence-electron chi connectivity index (χ2n) is 6.54. The van der Waals surface area contributed by atoms with Crippen molar-refractivity contribution in [3.8, 4) is 5.75 Å². The average molecular weight is 308 g/mol. The number of hydrogen-bond donors (Lipinski definition) is 2. The first kappa shape index (κ1) is 14.1. The molecule has 4 nitrogen and oxygen atoms in total. The van der Waals surface area contributed by atoms with Crippen LogP contribution in [0.25, 0.3) is 0 Å². The summed E-state index contributed by atoms with van der Waals surface area (Å²) < 4.78 is 0. The maximum absolute atomic E-state index is 13.0. The van der Waals surface area contributed by atoms with Crippen LogP contribution in [0, 0.1) is 13.8 Å². The number of phenolic OH excluding ortho intramolecular Hbond substituents is 1. The number of hydrogen-bond acceptors (Lipinski definition) is 3. The van der Waals surface area contributed by atoms with Gasteiger partial charge in [-0.3, -0.25) is 4.79 Å². The summed E-state index contributed by atoms with van der Waals surface area (Å²) >= 11 is 0. The Labute approximate surface area is 135 Å². The first-order chi connectivity index (χ1) is 11.1. The van der Waals surface area contributed by atoms with E-state index in [-0.39, 0.29) is 12.1 Å². The molecule has 0 spiro atoms. The molecule has 1 aliphatic heterocycles. The zero-order valence-corrected chi connectivity index (χ0v) is 13.3. The third-order valence-electron chi connectivity index (χ3n) is 4.73. The summed E-state index contributed by atoms with van der Waals surface area (Å²) in [5, 5.41) is 13.5. The predicted octanol–water partition coefficient (Wildman–Crippen LogP) is 3.74. The highest BCUT2D eigenvalue weighted by atomic mass is 16.3. The van der Waals surface area contributed by atoms with Gasteiger partial charge in [-0.15, -0.1) is 0 Å². The Morgan fingerprint density at radius 1 is 1.13 bits per heavy atom. The lowest BCUT2D eigenvalue weighted by Crippen LogP contribution is -2.44. The number of aryl methyl sites for hydroxylation is 2. The average Bonchev–Trinajstić information content (AvgIpc) is 3.36. The topological polar surface area (TPSA) is 52.6 Å². The zero-order valence-electron chi connectivity index (χ0n) is 13.3. The number of nitrogens with zero attached hydrogens (tertiary/aromatic N) is 1. The van der Waals surface area contributed by atoms with Gasteiger partial charge >= 0.3 is 0 Å². The minimum absolute atomic E-state index is 0.0928. The van der Waals surface area contributed by atoms with E-state index in [9.17, 15) is 9.90 Å². The van der Waals surface area contributed by atoms with Gasteiger partial charge in [0.1, 0.15) is 11.9 Å². The van der Waals surface area contributed by atoms with Crippen LogP contribution >= 0.6 is 0 Å². The number of carbonyl (C=O) groups is 1. The molecule has 1 aliphatic carbocycles. The number of anilines is 1. The van der Waals surface area contributed by atoms with Gasteiger partial charge in [0, 0.05) is 11.7 Å². The van der Waals surface area contributed by atoms with Crippen LogP contribution in [0.2, 0.25) is 0 Å². The van der Waals surface area contributed by atoms with Crippen molar-refractivity contribution in [1.82, 2.24) is 4.90 Å². The van der Waals surface area contributed by atoms with Crippen molar-refractivity contribution in [1.29, 1.82) is 0 Å². The first-order valence-corrected chi connectivity index (χ1v) is 8.04. The molecule has 2 aromatic carbocycles. The number of fused-ring (bicyclic) bond motifs is 1. The summed E-state index contributed by atoms with van der Waals surface area (Å²) in [6.07, 6.45) is 1.94. The molecule has 1 atom stereocenters. The molecule has 4 rings (SSSR count). The van der Waals surface area contributed by atoms with Crippen molar-refractivity contribution in [3.05, 3.63) is 58.7 Å². The fraction of sp³-hybridized carbons (Fsp3) is 0.316. The molecule has 4 heteroatoms. The molecule has 1 fully saturated rings. The minimum Gasteiger partial charge on any atom is -0.507 e. The predicted molar refractivity (Wildman–Crippen MR) is 89.6 cm³/mol. The number of rotatable bonds is 2. The zero-order chi connectivity index (χ0) is 16.1. The first-order valence-electron chi connectivity index (χ1n) is 8.04. The molecule has 118 valence electrons. The Kier molecular flexibility index (Phi) is 3.08. The number of carbonyl (C=O) groups excluding carboxylic acids is 1. The fourth-order valence-corrected chi connectivity index (χ4v) is 3.39. The van der Waals surface area contributed by atoms with Crippen molar-refractivity contribution in [2.45, 2.75) is 38.9 Å². The Balaban J connectivity index is 1.82. The maximum Gasteiger partial charge on any atom is 0.258 e. The molecule has 23 heavy (non-hydrogen) atoms. The lowest BCUT2D eigenvalue weighted by molar-refractivity contribution is 0.0666. The van der Waals surface area contributed by atoms with Crippen LogP contribution in [0.15, 0.2) is 36.4 Å². The largest absolute Gasteiger partial charge is 0.507 e. The number of benzene rings is 2. The van der Waals surface area contributed by atoms with Crippen molar-refractivity contribution in [2.75, 3.05) is 5.32 Å². The van der Waals surface area contributed by atoms with Crippen molar-refractivity contribution >= 4 is 11.6 Å². The fourth-order valence-electron chi connectivity index (χ4n) is 3.39. The summed E-state index contributed by atoms with van der Waals surface area (Å²) in [5.74, 6) is 0.421. The molecule has 0 radical (unpaired) electrons. The Morgan fingerprint density at radius 2 is 1.78 bits per heavy atom. The number of para-hydroxylation sites is 1. The van der Waals surface area contributed by atoms with Gasteiger partial charge in [-0.05, 0) is 67.6 Å². The Hall–Kier alpha value is -2.49. The van der Waals surface area contributed by atoms with Gasteiger partial charge in [-0.25, -0.2) is 0 Å². The van der Waals surface area contributed by atoms with E-state index in [0.717, 1.165) is 40.8 Å². The van der Waals surface area contributed by atoms with Crippen LogP contribution in [-0.2, 0) is 0 Å². The summed E-state index contributed by atoms with van der Waals surface area (Å²) in [4.78, 5) is 14.9. The highest BCUT2D eigenvalue weighted by molar-refractivity contribution is 6.02. The van der Waals surface area contributed by atoms with Crippen LogP contribution in [0.5, 0.6) is 5.75 Å². The molecule has 1 heterocycles. The summed E-state index contributed by atoms with van der Waals surface area (Å²) in [6.45, 7) is 3.79. The number of aromatic hydroxyl groups is 1. The summed E-state index contributed by atoms with van der Waals surface area (Å²) in [6, 6.07) is 11.9. The molecular formula is C19H20N2O2. The van der Waals surface area contributed by atoms with Crippen LogP contribution in [0.1, 0.15) is 46.1 Å². The molecule has 1 amide bonds. The second-order valence-corrected chi connectivity index (χ2v) is 6.54. The van der Waals surface area contributed by atoms with Crippen molar-refractivity contribution in [2.24, 2.45) is 0 Å². The van der Waals surface area contributed by atoms with Crippen LogP contribution in [0.3, 0.4) is 0 Å². The van der Waals surface area contributed by atoms with Crippen LogP contribution in [-0.4, -0.2) is 22.0 Å². The van der Waals surface area contributed by atoms with Crippen molar-refractivity contribution < 1.29 is 9.90 Å². The second kappa shape index (κ2) is 5.01. The molecule has 2 aliphatic rings. The molecule has 0 aromatic heterocycles. The van der Waals surface area contributed by atoms with Gasteiger partial charge in [0.15, 0.2) is 0 Å². The van der Waals surface area contributed by atoms with Crippen molar-refractivity contribution in [3.63, 3.8) is 0 Å². The quantitative estimate of drug-likeness (QED) is 0.888. The number of phenols is 1. The maximum atomic E-state index is 13.0. The Morgan fingerprint density at radius 3 is 2.43 bits per heavy atom. The lowest BCUT2D eigenvalue weighted by atomic mass is 9.99. The van der Waals surface area contributed by atoms with Crippen LogP contribution < -0.4 is 5.32 Å². The van der Waals surface area contributed by atoms with Gasteiger partial charge < -0.3 is 15.3 Å². The third kappa shape index (κ3) is 2.25. The van der Waals surface area contributed by atoms with Gasteiger partial charge in [0.2, 0.25) is 0 Å². The minimum atomic E-state index is -0.178. The normalized spacial score (nSPS) is 20.2. The SMILES string of the molecule is Cc1cc([C@@H]2Nc3ccccc3C(=O)N2C2CC2)cc(C)c1O. The van der Waals surface area contributed by atoms with E-state index in [2.05, 4.69) is 5.32 Å². The van der Waals surface area contributed by atoms with Crippen LogP contribution in [0.4, 0.5) is 5.69 Å². The van der Waals surface area contributed by atoms with E-state index in [0.29, 0.717) is 11.8 Å². The van der Waals surface area contributed by atoms with E-state index in [1.54, 1.807) is 0 Å². The lowest BCUT2D eigenvalue weighted by Gasteiger charge is -2.38. The third-order valence-corrected chi connectivity index (χ3v) is 4.73. The Bertz CT molecular complexity index is 773. The monoisotopic (exact) mass is 308 g/mol. The molecule has 1 saturated carbocycles. The highest BCUT2D eigenvalue weighted by Crippen LogP contribution is 2.41. The van der Waals surface area contributed by atoms with Gasteiger partial charge in [-0.2, -0.15) is 0 Å². The molecule has 0 unspecified atom stereocenters. The van der Waals surface area contributed by atoms with Gasteiger partial charge in [0.05, 0.1) is 5.56 Å². The summed E-state index contributed by atoms with van der Waals surface area (Å²) in [7, 11) is 0. The molecule has 2 N–H and O–H groups in total. The van der Waals surface area contributed by atoms with E-state index in [4.69, 9.17) is 0 Å². The van der Waals surface area contributed by atoms with E-state index in [1.807, 2.05) is 55.1 Å². The molecule has 0 saturated heterocycles. The van der Waals surface area contributed by atoms with E-state index >= 15 is 0 Å². The summed E-state index contributed by atoms with van der Waals surface area (Å²) in [5.41, 5.74) is 4.31. The molecular weight excluding hydrogens is 288 g/mol. The molecule has 0 bridgehead atoms. The standard InChI is InChI=1S/C19H20N2O2/c1-11-9-13(10-12(2)17(11)22)18-20-16-6-4-3-5-15(16)19(23)21(18)14-7-8-14/h3-6,9-10,14,18,20,22H,7-8H2,1-2H3/t18-/m1/s1. The van der Waals surface area contributed by atoms with Gasteiger partial charge in [-0.1, -0.05) is 12.1 Å². The number of nitrogens with one attached hydrogen (secondary N) is 1. The smallest absolute Gasteiger partial charge is 0.258 e. The molecule has 2 aromatic rings.